The van der Waals surface area contributed by atoms with Crippen LogP contribution in [-0.4, -0.2) is 16.4 Å². The summed E-state index contributed by atoms with van der Waals surface area (Å²) in [6.45, 7) is 3.77. The fraction of sp³-hybridized carbons (Fsp3) is 0.0909. The lowest BCUT2D eigenvalue weighted by molar-refractivity contribution is -0.117. The number of aryl methyl sites for hydroxylation is 1. The number of carbonyl (C=O) groups is 2. The molecule has 0 spiro atoms. The van der Waals surface area contributed by atoms with Gasteiger partial charge in [0.25, 0.3) is 11.8 Å². The van der Waals surface area contributed by atoms with Gasteiger partial charge in [-0.15, -0.1) is 0 Å². The molecule has 0 aliphatic rings. The second-order valence-electron chi connectivity index (χ2n) is 6.28. The third-order valence-corrected chi connectivity index (χ3v) is 4.29. The maximum atomic E-state index is 12.9. The smallest absolute Gasteiger partial charge is 0.271 e. The number of hydrogen-bond acceptors (Lipinski definition) is 2. The number of carbonyl (C=O) groups excluding carboxylic acids is 2. The Morgan fingerprint density at radius 2 is 1.64 bits per heavy atom. The lowest BCUT2D eigenvalue weighted by atomic mass is 10.2. The topological polar surface area (TPSA) is 63.1 Å². The second-order valence-corrected chi connectivity index (χ2v) is 6.28. The molecule has 0 aliphatic heterocycles. The average Bonchev–Trinajstić information content (AvgIpc) is 3.00. The standard InChI is InChI=1S/C22H20FN3O2/c1-15-14-20(16(2)26(15)19-6-4-3-5-7-19)22(28)25-24-21(27)13-10-17-8-11-18(23)12-9-17/h3-14H,1-2H3,(H,24,27)(H,25,28). The first-order valence-electron chi connectivity index (χ1n) is 8.74. The predicted octanol–water partition coefficient (Wildman–Crippen LogP) is 3.71. The van der Waals surface area contributed by atoms with Gasteiger partial charge in [0.1, 0.15) is 5.82 Å². The molecule has 3 rings (SSSR count). The number of nitrogens with zero attached hydrogens (tertiary/aromatic N) is 1. The molecule has 1 aromatic heterocycles. The normalized spacial score (nSPS) is 10.8. The molecule has 0 saturated heterocycles. The highest BCUT2D eigenvalue weighted by atomic mass is 19.1. The van der Waals surface area contributed by atoms with Crippen LogP contribution < -0.4 is 10.9 Å². The maximum absolute atomic E-state index is 12.9. The second kappa shape index (κ2) is 8.35. The van der Waals surface area contributed by atoms with Crippen LogP contribution in [0.5, 0.6) is 0 Å². The van der Waals surface area contributed by atoms with E-state index in [1.165, 1.54) is 24.3 Å². The summed E-state index contributed by atoms with van der Waals surface area (Å²) in [6.07, 6.45) is 2.79. The van der Waals surface area contributed by atoms with Gasteiger partial charge in [-0.25, -0.2) is 4.39 Å². The van der Waals surface area contributed by atoms with Crippen LogP contribution in [-0.2, 0) is 4.79 Å². The molecular weight excluding hydrogens is 357 g/mol. The van der Waals surface area contributed by atoms with E-state index < -0.39 is 11.8 Å². The largest absolute Gasteiger partial charge is 0.318 e. The van der Waals surface area contributed by atoms with E-state index in [2.05, 4.69) is 10.9 Å². The van der Waals surface area contributed by atoms with Crippen molar-refractivity contribution in [3.63, 3.8) is 0 Å². The van der Waals surface area contributed by atoms with Gasteiger partial charge in [0, 0.05) is 23.2 Å². The van der Waals surface area contributed by atoms with Crippen molar-refractivity contribution in [1.29, 1.82) is 0 Å². The molecule has 0 unspecified atom stereocenters. The number of amides is 2. The fourth-order valence-electron chi connectivity index (χ4n) is 2.94. The first-order chi connectivity index (χ1) is 13.5. The lowest BCUT2D eigenvalue weighted by Crippen LogP contribution is -2.40. The molecular formula is C22H20FN3O2. The van der Waals surface area contributed by atoms with E-state index in [0.29, 0.717) is 11.1 Å². The quantitative estimate of drug-likeness (QED) is 0.538. The monoisotopic (exact) mass is 377 g/mol. The summed E-state index contributed by atoms with van der Waals surface area (Å²) < 4.78 is 14.9. The molecule has 28 heavy (non-hydrogen) atoms. The van der Waals surface area contributed by atoms with Gasteiger partial charge >= 0.3 is 0 Å². The zero-order valence-electron chi connectivity index (χ0n) is 15.6. The number of aromatic nitrogens is 1. The molecule has 142 valence electrons. The molecule has 2 amide bonds. The number of benzene rings is 2. The van der Waals surface area contributed by atoms with Crippen molar-refractivity contribution in [2.75, 3.05) is 0 Å². The molecule has 3 aromatic rings. The summed E-state index contributed by atoms with van der Waals surface area (Å²) in [6, 6.07) is 17.2. The van der Waals surface area contributed by atoms with Crippen molar-refractivity contribution in [2.45, 2.75) is 13.8 Å². The summed E-state index contributed by atoms with van der Waals surface area (Å²) in [7, 11) is 0. The van der Waals surface area contributed by atoms with E-state index in [9.17, 15) is 14.0 Å². The summed E-state index contributed by atoms with van der Waals surface area (Å²) in [5.41, 5.74) is 8.56. The van der Waals surface area contributed by atoms with Crippen LogP contribution >= 0.6 is 0 Å². The maximum Gasteiger partial charge on any atom is 0.271 e. The van der Waals surface area contributed by atoms with E-state index >= 15 is 0 Å². The molecule has 2 N–H and O–H groups in total. The minimum Gasteiger partial charge on any atom is -0.318 e. The van der Waals surface area contributed by atoms with Crippen LogP contribution in [0.4, 0.5) is 4.39 Å². The highest BCUT2D eigenvalue weighted by Gasteiger charge is 2.16. The Labute approximate surface area is 162 Å². The van der Waals surface area contributed by atoms with Crippen molar-refractivity contribution in [3.05, 3.63) is 95.1 Å². The summed E-state index contributed by atoms with van der Waals surface area (Å²) in [5, 5.41) is 0. The Hall–Kier alpha value is -3.67. The van der Waals surface area contributed by atoms with E-state index in [1.54, 1.807) is 18.2 Å². The molecule has 6 heteroatoms. The first-order valence-corrected chi connectivity index (χ1v) is 8.74. The first kappa shape index (κ1) is 19.1. The minimum atomic E-state index is -0.491. The Kier molecular flexibility index (Phi) is 5.69. The van der Waals surface area contributed by atoms with Gasteiger partial charge in [-0.05, 0) is 55.8 Å². The Morgan fingerprint density at radius 1 is 0.964 bits per heavy atom. The van der Waals surface area contributed by atoms with Crippen LogP contribution in [0.15, 0.2) is 66.7 Å². The van der Waals surface area contributed by atoms with E-state index in [-0.39, 0.29) is 5.82 Å². The van der Waals surface area contributed by atoms with Crippen molar-refractivity contribution in [1.82, 2.24) is 15.4 Å². The van der Waals surface area contributed by atoms with Gasteiger partial charge < -0.3 is 4.57 Å². The number of hydrogen-bond donors (Lipinski definition) is 2. The molecule has 2 aromatic carbocycles. The summed E-state index contributed by atoms with van der Waals surface area (Å²) >= 11 is 0. The minimum absolute atomic E-state index is 0.345. The van der Waals surface area contributed by atoms with Crippen LogP contribution in [0.2, 0.25) is 0 Å². The summed E-state index contributed by atoms with van der Waals surface area (Å²) in [5.74, 6) is -1.24. The molecule has 0 aliphatic carbocycles. The Bertz CT molecular complexity index is 1020. The molecule has 0 saturated carbocycles. The molecule has 0 atom stereocenters. The van der Waals surface area contributed by atoms with E-state index in [4.69, 9.17) is 0 Å². The molecule has 5 nitrogen and oxygen atoms in total. The van der Waals surface area contributed by atoms with Crippen LogP contribution in [0.3, 0.4) is 0 Å². The highest BCUT2D eigenvalue weighted by molar-refractivity contribution is 5.99. The van der Waals surface area contributed by atoms with E-state index in [1.807, 2.05) is 48.7 Å². The van der Waals surface area contributed by atoms with Crippen molar-refractivity contribution >= 4 is 17.9 Å². The highest BCUT2D eigenvalue weighted by Crippen LogP contribution is 2.20. The number of hydrazine groups is 1. The van der Waals surface area contributed by atoms with Gasteiger partial charge in [-0.2, -0.15) is 0 Å². The number of para-hydroxylation sites is 1. The molecule has 1 heterocycles. The zero-order valence-corrected chi connectivity index (χ0v) is 15.6. The van der Waals surface area contributed by atoms with E-state index in [0.717, 1.165) is 17.1 Å². The summed E-state index contributed by atoms with van der Waals surface area (Å²) in [4.78, 5) is 24.4. The average molecular weight is 377 g/mol. The number of halogens is 1. The van der Waals surface area contributed by atoms with Gasteiger partial charge in [0.2, 0.25) is 0 Å². The Morgan fingerprint density at radius 3 is 2.32 bits per heavy atom. The predicted molar refractivity (Wildman–Crippen MR) is 106 cm³/mol. The fourth-order valence-corrected chi connectivity index (χ4v) is 2.94. The SMILES string of the molecule is Cc1cc(C(=O)NNC(=O)C=Cc2ccc(F)cc2)c(C)n1-c1ccccc1. The van der Waals surface area contributed by atoms with Crippen molar-refractivity contribution in [2.24, 2.45) is 0 Å². The Balaban J connectivity index is 1.65. The number of rotatable bonds is 4. The van der Waals surface area contributed by atoms with Crippen LogP contribution in [0, 0.1) is 19.7 Å². The number of nitrogens with one attached hydrogen (secondary N) is 2. The zero-order chi connectivity index (χ0) is 20.1. The molecule has 0 radical (unpaired) electrons. The van der Waals surface area contributed by atoms with Gasteiger partial charge in [-0.3, -0.25) is 20.4 Å². The van der Waals surface area contributed by atoms with Crippen molar-refractivity contribution < 1.29 is 14.0 Å². The third-order valence-electron chi connectivity index (χ3n) is 4.29. The van der Waals surface area contributed by atoms with Gasteiger partial charge in [-0.1, -0.05) is 30.3 Å². The van der Waals surface area contributed by atoms with Crippen LogP contribution in [0.25, 0.3) is 11.8 Å². The molecule has 0 bridgehead atoms. The molecule has 0 fully saturated rings. The van der Waals surface area contributed by atoms with Crippen LogP contribution in [0.1, 0.15) is 27.3 Å². The lowest BCUT2D eigenvalue weighted by Gasteiger charge is -2.10. The van der Waals surface area contributed by atoms with Crippen molar-refractivity contribution in [3.8, 4) is 5.69 Å². The van der Waals surface area contributed by atoms with Gasteiger partial charge in [0.05, 0.1) is 5.56 Å². The van der Waals surface area contributed by atoms with Gasteiger partial charge in [0.15, 0.2) is 0 Å². The third kappa shape index (κ3) is 4.35.